The minimum atomic E-state index is -0.846. The lowest BCUT2D eigenvalue weighted by Gasteiger charge is -2.35. The van der Waals surface area contributed by atoms with Crippen LogP contribution in [0.25, 0.3) is 0 Å². The summed E-state index contributed by atoms with van der Waals surface area (Å²) in [6.07, 6.45) is 2.98. The maximum atomic E-state index is 11.4. The molecule has 0 aromatic heterocycles. The number of hydrogen-bond acceptors (Lipinski definition) is 3. The zero-order valence-electron chi connectivity index (χ0n) is 13.5. The third-order valence-electron chi connectivity index (χ3n) is 4.40. The summed E-state index contributed by atoms with van der Waals surface area (Å²) in [6.45, 7) is 12.5. The second kappa shape index (κ2) is 8.54. The number of hydrogen-bond donors (Lipinski definition) is 2. The second-order valence-corrected chi connectivity index (χ2v) is 5.71. The second-order valence-electron chi connectivity index (χ2n) is 5.71. The van der Waals surface area contributed by atoms with Crippen LogP contribution in [-0.2, 0) is 4.79 Å². The molecule has 0 aliphatic rings. The number of nitrogens with one attached hydrogen (secondary N) is 1. The zero-order chi connectivity index (χ0) is 15.1. The molecule has 4 nitrogen and oxygen atoms in total. The molecule has 0 rings (SSSR count). The number of carboxylic acid groups (broad SMARTS) is 1. The first-order valence-electron chi connectivity index (χ1n) is 7.50. The van der Waals surface area contributed by atoms with E-state index in [2.05, 4.69) is 37.9 Å². The first kappa shape index (κ1) is 18.4. The van der Waals surface area contributed by atoms with E-state index in [4.69, 9.17) is 0 Å². The van der Waals surface area contributed by atoms with Gasteiger partial charge in [-0.05, 0) is 39.8 Å². The molecule has 2 unspecified atom stereocenters. The molecule has 2 N–H and O–H groups in total. The van der Waals surface area contributed by atoms with Crippen molar-refractivity contribution in [2.45, 2.75) is 65.5 Å². The lowest BCUT2D eigenvalue weighted by Crippen LogP contribution is -2.52. The van der Waals surface area contributed by atoms with Crippen molar-refractivity contribution in [3.8, 4) is 0 Å². The van der Waals surface area contributed by atoms with Gasteiger partial charge in [-0.3, -0.25) is 4.79 Å². The average molecular weight is 272 g/mol. The molecule has 0 saturated heterocycles. The number of nitrogens with zero attached hydrogens (tertiary/aromatic N) is 1. The van der Waals surface area contributed by atoms with Gasteiger partial charge in [-0.1, -0.05) is 33.6 Å². The van der Waals surface area contributed by atoms with Gasteiger partial charge in [0, 0.05) is 12.6 Å². The van der Waals surface area contributed by atoms with Crippen molar-refractivity contribution in [1.82, 2.24) is 10.2 Å². The van der Waals surface area contributed by atoms with E-state index in [9.17, 15) is 9.90 Å². The molecule has 0 fully saturated rings. The Hall–Kier alpha value is -0.610. The van der Waals surface area contributed by atoms with E-state index < -0.39 is 11.5 Å². The minimum Gasteiger partial charge on any atom is -0.480 e. The normalized spacial score (nSPS) is 16.6. The summed E-state index contributed by atoms with van der Waals surface area (Å²) >= 11 is 0. The predicted octanol–water partition coefficient (Wildman–Crippen LogP) is 2.59. The lowest BCUT2D eigenvalue weighted by molar-refractivity contribution is -0.144. The van der Waals surface area contributed by atoms with Crippen LogP contribution in [0.2, 0.25) is 0 Å². The first-order chi connectivity index (χ1) is 8.84. The molecule has 0 saturated carbocycles. The molecule has 0 radical (unpaired) electrons. The predicted molar refractivity (Wildman–Crippen MR) is 80.5 cm³/mol. The van der Waals surface area contributed by atoms with E-state index in [1.54, 1.807) is 14.0 Å². The van der Waals surface area contributed by atoms with Gasteiger partial charge in [0.1, 0.15) is 5.54 Å². The smallest absolute Gasteiger partial charge is 0.323 e. The van der Waals surface area contributed by atoms with Crippen molar-refractivity contribution < 1.29 is 9.90 Å². The quantitative estimate of drug-likeness (QED) is 0.642. The Morgan fingerprint density at radius 3 is 2.16 bits per heavy atom. The van der Waals surface area contributed by atoms with Crippen molar-refractivity contribution in [2.24, 2.45) is 5.92 Å². The Morgan fingerprint density at radius 2 is 1.84 bits per heavy atom. The molecule has 0 spiro atoms. The lowest BCUT2D eigenvalue weighted by atomic mass is 9.92. The summed E-state index contributed by atoms with van der Waals surface area (Å²) in [4.78, 5) is 13.8. The highest BCUT2D eigenvalue weighted by atomic mass is 16.4. The van der Waals surface area contributed by atoms with Crippen LogP contribution in [0.3, 0.4) is 0 Å². The van der Waals surface area contributed by atoms with Crippen molar-refractivity contribution in [3.05, 3.63) is 0 Å². The van der Waals surface area contributed by atoms with Gasteiger partial charge in [-0.15, -0.1) is 0 Å². The molecule has 19 heavy (non-hydrogen) atoms. The molecule has 114 valence electrons. The maximum Gasteiger partial charge on any atom is 0.323 e. The number of carboxylic acids is 1. The van der Waals surface area contributed by atoms with Gasteiger partial charge in [-0.25, -0.2) is 0 Å². The van der Waals surface area contributed by atoms with Gasteiger partial charge in [-0.2, -0.15) is 0 Å². The molecule has 0 aliphatic heterocycles. The minimum absolute atomic E-state index is 0.263. The Balaban J connectivity index is 4.66. The topological polar surface area (TPSA) is 52.6 Å². The number of likely N-dealkylation sites (N-methyl/N-ethyl adjacent to an activating group) is 1. The molecule has 0 bridgehead atoms. The molecule has 0 amide bonds. The van der Waals surface area contributed by atoms with Crippen LogP contribution in [0.1, 0.15) is 53.9 Å². The van der Waals surface area contributed by atoms with Crippen molar-refractivity contribution in [2.75, 3.05) is 20.1 Å². The Labute approximate surface area is 118 Å². The Bertz CT molecular complexity index is 267. The zero-order valence-corrected chi connectivity index (χ0v) is 13.5. The largest absolute Gasteiger partial charge is 0.480 e. The van der Waals surface area contributed by atoms with Crippen molar-refractivity contribution >= 4 is 5.97 Å². The van der Waals surface area contributed by atoms with Gasteiger partial charge >= 0.3 is 5.97 Å². The summed E-state index contributed by atoms with van der Waals surface area (Å²) in [5, 5.41) is 12.3. The van der Waals surface area contributed by atoms with Crippen LogP contribution in [0, 0.1) is 5.92 Å². The van der Waals surface area contributed by atoms with Gasteiger partial charge in [0.25, 0.3) is 0 Å². The fourth-order valence-corrected chi connectivity index (χ4v) is 2.52. The monoisotopic (exact) mass is 272 g/mol. The Morgan fingerprint density at radius 1 is 1.32 bits per heavy atom. The summed E-state index contributed by atoms with van der Waals surface area (Å²) in [5.41, 5.74) is -0.846. The molecule has 0 aromatic carbocycles. The molecule has 4 heteroatoms. The van der Waals surface area contributed by atoms with Crippen LogP contribution < -0.4 is 5.32 Å². The van der Waals surface area contributed by atoms with Gasteiger partial charge < -0.3 is 15.3 Å². The average Bonchev–Trinajstić information content (AvgIpc) is 2.39. The summed E-state index contributed by atoms with van der Waals surface area (Å²) in [7, 11) is 1.72. The van der Waals surface area contributed by atoms with E-state index in [1.165, 1.54) is 12.8 Å². The summed E-state index contributed by atoms with van der Waals surface area (Å²) in [6, 6.07) is 0.263. The van der Waals surface area contributed by atoms with Crippen LogP contribution >= 0.6 is 0 Å². The number of carbonyl (C=O) groups is 1. The molecule has 2 atom stereocenters. The van der Waals surface area contributed by atoms with E-state index in [-0.39, 0.29) is 6.04 Å². The fraction of sp³-hybridized carbons (Fsp3) is 0.933. The number of rotatable bonds is 10. The van der Waals surface area contributed by atoms with Crippen LogP contribution in [0.15, 0.2) is 0 Å². The summed E-state index contributed by atoms with van der Waals surface area (Å²) < 4.78 is 0. The molecular formula is C15H32N2O2. The van der Waals surface area contributed by atoms with Crippen LogP contribution in [-0.4, -0.2) is 47.7 Å². The van der Waals surface area contributed by atoms with Crippen LogP contribution in [0.4, 0.5) is 0 Å². The molecule has 0 aliphatic carbocycles. The molecular weight excluding hydrogens is 240 g/mol. The summed E-state index contributed by atoms with van der Waals surface area (Å²) in [5.74, 6) is -0.0755. The van der Waals surface area contributed by atoms with Crippen LogP contribution in [0.5, 0.6) is 0 Å². The van der Waals surface area contributed by atoms with Gasteiger partial charge in [0.15, 0.2) is 0 Å². The van der Waals surface area contributed by atoms with E-state index in [1.807, 2.05) is 0 Å². The van der Waals surface area contributed by atoms with Gasteiger partial charge in [0.2, 0.25) is 0 Å². The first-order valence-corrected chi connectivity index (χ1v) is 7.50. The number of aliphatic carboxylic acids is 1. The molecule has 0 heterocycles. The maximum absolute atomic E-state index is 11.4. The highest BCUT2D eigenvalue weighted by Gasteiger charge is 2.34. The third kappa shape index (κ3) is 5.49. The standard InChI is InChI=1S/C15H32N2O2/c1-7-13(8-2)11-17(9-3)12(4)10-15(5,16-6)14(18)19/h12-13,16H,7-11H2,1-6H3,(H,18,19). The van der Waals surface area contributed by atoms with E-state index >= 15 is 0 Å². The van der Waals surface area contributed by atoms with Crippen molar-refractivity contribution in [1.29, 1.82) is 0 Å². The highest BCUT2D eigenvalue weighted by Crippen LogP contribution is 2.19. The van der Waals surface area contributed by atoms with E-state index in [0.29, 0.717) is 12.3 Å². The van der Waals surface area contributed by atoms with Crippen molar-refractivity contribution in [3.63, 3.8) is 0 Å². The van der Waals surface area contributed by atoms with E-state index in [0.717, 1.165) is 13.1 Å². The highest BCUT2D eigenvalue weighted by molar-refractivity contribution is 5.78. The molecule has 0 aromatic rings. The SMILES string of the molecule is CCC(CC)CN(CC)C(C)CC(C)(NC)C(=O)O. The third-order valence-corrected chi connectivity index (χ3v) is 4.40. The van der Waals surface area contributed by atoms with Gasteiger partial charge in [0.05, 0.1) is 0 Å². The fourth-order valence-electron chi connectivity index (χ4n) is 2.52. The Kier molecular flexibility index (Phi) is 8.26.